The molecule has 0 spiro atoms. The van der Waals surface area contributed by atoms with Gasteiger partial charge < -0.3 is 0 Å². The van der Waals surface area contributed by atoms with E-state index in [9.17, 15) is 0 Å². The van der Waals surface area contributed by atoms with Gasteiger partial charge in [-0.1, -0.05) is 60.7 Å². The molecule has 2 nitrogen and oxygen atoms in total. The summed E-state index contributed by atoms with van der Waals surface area (Å²) in [6, 6.07) is 16.4. The van der Waals surface area contributed by atoms with Crippen LogP contribution in [0.3, 0.4) is 0 Å². The zero-order valence-corrected chi connectivity index (χ0v) is 10.9. The van der Waals surface area contributed by atoms with E-state index in [-0.39, 0.29) is 12.2 Å². The second-order valence-electron chi connectivity index (χ2n) is 5.01. The van der Waals surface area contributed by atoms with E-state index >= 15 is 0 Å². The molecule has 0 radical (unpaired) electrons. The molecule has 2 aliphatic carbocycles. The van der Waals surface area contributed by atoms with Crippen LogP contribution in [0.1, 0.15) is 34.5 Å². The molecule has 2 heteroatoms. The zero-order valence-electron chi connectivity index (χ0n) is 10.9. The van der Waals surface area contributed by atoms with Crippen molar-refractivity contribution >= 4 is 12.2 Å². The molecular formula is C18H14O2. The monoisotopic (exact) mass is 262 g/mol. The average Bonchev–Trinajstić information content (AvgIpc) is 3.09. The summed E-state index contributed by atoms with van der Waals surface area (Å²) >= 11 is 0. The molecule has 20 heavy (non-hydrogen) atoms. The minimum absolute atomic E-state index is 0.118. The number of benzene rings is 2. The van der Waals surface area contributed by atoms with Crippen LogP contribution in [-0.4, -0.2) is 0 Å². The maximum atomic E-state index is 5.63. The third kappa shape index (κ3) is 1.90. The average molecular weight is 262 g/mol. The Morgan fingerprint density at radius 2 is 1.05 bits per heavy atom. The van der Waals surface area contributed by atoms with Gasteiger partial charge in [0.25, 0.3) is 0 Å². The van der Waals surface area contributed by atoms with Crippen molar-refractivity contribution in [1.29, 1.82) is 0 Å². The highest BCUT2D eigenvalue weighted by Gasteiger charge is 2.22. The first-order chi connectivity index (χ1) is 9.92. The van der Waals surface area contributed by atoms with Crippen molar-refractivity contribution in [3.63, 3.8) is 0 Å². The van der Waals surface area contributed by atoms with Gasteiger partial charge in [-0.15, -0.1) is 0 Å². The molecule has 0 fully saturated rings. The molecule has 0 aromatic heterocycles. The summed E-state index contributed by atoms with van der Waals surface area (Å²) in [6.07, 6.45) is 7.95. The molecule has 0 amide bonds. The van der Waals surface area contributed by atoms with Crippen LogP contribution in [0.2, 0.25) is 0 Å². The van der Waals surface area contributed by atoms with Crippen molar-refractivity contribution < 1.29 is 9.78 Å². The minimum Gasteiger partial charge on any atom is -0.223 e. The van der Waals surface area contributed by atoms with E-state index in [4.69, 9.17) is 9.78 Å². The zero-order chi connectivity index (χ0) is 13.4. The smallest absolute Gasteiger partial charge is 0.137 e. The van der Waals surface area contributed by atoms with Gasteiger partial charge in [0.1, 0.15) is 12.2 Å². The van der Waals surface area contributed by atoms with Gasteiger partial charge in [-0.2, -0.15) is 0 Å². The summed E-state index contributed by atoms with van der Waals surface area (Å²) in [4.78, 5) is 11.3. The summed E-state index contributed by atoms with van der Waals surface area (Å²) in [5, 5.41) is 0. The topological polar surface area (TPSA) is 18.5 Å². The first-order valence-corrected chi connectivity index (χ1v) is 6.78. The maximum absolute atomic E-state index is 5.63. The van der Waals surface area contributed by atoms with E-state index in [0.29, 0.717) is 0 Å². The van der Waals surface area contributed by atoms with Gasteiger partial charge in [-0.3, -0.25) is 0 Å². The Balaban J connectivity index is 1.48. The van der Waals surface area contributed by atoms with E-state index in [0.717, 1.165) is 11.1 Å². The number of rotatable bonds is 3. The maximum Gasteiger partial charge on any atom is 0.137 e. The Morgan fingerprint density at radius 1 is 0.600 bits per heavy atom. The Morgan fingerprint density at radius 3 is 1.55 bits per heavy atom. The lowest BCUT2D eigenvalue weighted by atomic mass is 10.1. The second-order valence-corrected chi connectivity index (χ2v) is 5.01. The highest BCUT2D eigenvalue weighted by Crippen LogP contribution is 2.35. The summed E-state index contributed by atoms with van der Waals surface area (Å²) in [6.45, 7) is 0. The molecule has 98 valence electrons. The Kier molecular flexibility index (Phi) is 2.76. The molecule has 2 aromatic carbocycles. The number of hydrogen-bond acceptors (Lipinski definition) is 2. The SMILES string of the molecule is C1=CC(OOC2C=Cc3ccccc32)c2ccccc21. The third-order valence-corrected chi connectivity index (χ3v) is 3.77. The lowest BCUT2D eigenvalue weighted by molar-refractivity contribution is -0.337. The van der Waals surface area contributed by atoms with Crippen molar-refractivity contribution in [1.82, 2.24) is 0 Å². The molecule has 0 heterocycles. The molecule has 2 unspecified atom stereocenters. The summed E-state index contributed by atoms with van der Waals surface area (Å²) in [5.41, 5.74) is 4.71. The molecule has 2 atom stereocenters. The van der Waals surface area contributed by atoms with Crippen molar-refractivity contribution in [3.8, 4) is 0 Å². The largest absolute Gasteiger partial charge is 0.223 e. The quantitative estimate of drug-likeness (QED) is 0.600. The summed E-state index contributed by atoms with van der Waals surface area (Å²) in [5.74, 6) is 0. The van der Waals surface area contributed by atoms with Crippen LogP contribution in [0.15, 0.2) is 60.7 Å². The van der Waals surface area contributed by atoms with E-state index in [2.05, 4.69) is 36.4 Å². The molecule has 0 saturated carbocycles. The number of hydrogen-bond donors (Lipinski definition) is 0. The van der Waals surface area contributed by atoms with E-state index in [1.54, 1.807) is 0 Å². The van der Waals surface area contributed by atoms with Gasteiger partial charge in [0.15, 0.2) is 0 Å². The van der Waals surface area contributed by atoms with Crippen molar-refractivity contribution in [2.24, 2.45) is 0 Å². The fraction of sp³-hybridized carbons (Fsp3) is 0.111. The van der Waals surface area contributed by atoms with Crippen LogP contribution < -0.4 is 0 Å². The Labute approximate surface area is 117 Å². The third-order valence-electron chi connectivity index (χ3n) is 3.77. The fourth-order valence-electron chi connectivity index (χ4n) is 2.72. The Bertz CT molecular complexity index is 639. The van der Waals surface area contributed by atoms with Crippen LogP contribution in [0.5, 0.6) is 0 Å². The normalized spacial score (nSPS) is 22.0. The van der Waals surface area contributed by atoms with Crippen molar-refractivity contribution in [2.75, 3.05) is 0 Å². The van der Waals surface area contributed by atoms with Crippen molar-refractivity contribution in [2.45, 2.75) is 12.2 Å². The van der Waals surface area contributed by atoms with Gasteiger partial charge >= 0.3 is 0 Å². The number of fused-ring (bicyclic) bond motifs is 2. The van der Waals surface area contributed by atoms with Crippen LogP contribution in [0.25, 0.3) is 12.2 Å². The molecular weight excluding hydrogens is 248 g/mol. The van der Waals surface area contributed by atoms with Gasteiger partial charge in [-0.05, 0) is 34.4 Å². The van der Waals surface area contributed by atoms with Gasteiger partial charge in [-0.25, -0.2) is 9.78 Å². The summed E-state index contributed by atoms with van der Waals surface area (Å²) < 4.78 is 0. The van der Waals surface area contributed by atoms with E-state index in [1.165, 1.54) is 11.1 Å². The van der Waals surface area contributed by atoms with Crippen LogP contribution >= 0.6 is 0 Å². The van der Waals surface area contributed by atoms with Gasteiger partial charge in [0.05, 0.1) is 0 Å². The van der Waals surface area contributed by atoms with E-state index in [1.807, 2.05) is 36.4 Å². The standard InChI is InChI=1S/C18H14O2/c1-3-7-15-13(5-1)9-11-17(15)19-20-18-12-10-14-6-2-4-8-16(14)18/h1-12,17-18H. The first kappa shape index (κ1) is 11.6. The predicted molar refractivity (Wildman–Crippen MR) is 78.6 cm³/mol. The van der Waals surface area contributed by atoms with E-state index < -0.39 is 0 Å². The predicted octanol–water partition coefficient (Wildman–Crippen LogP) is 4.47. The lowest BCUT2D eigenvalue weighted by Crippen LogP contribution is -2.05. The van der Waals surface area contributed by atoms with Gasteiger partial charge in [0.2, 0.25) is 0 Å². The highest BCUT2D eigenvalue weighted by atomic mass is 17.2. The molecule has 2 aromatic rings. The lowest BCUT2D eigenvalue weighted by Gasteiger charge is -2.15. The fourth-order valence-corrected chi connectivity index (χ4v) is 2.72. The molecule has 0 N–H and O–H groups in total. The Hall–Kier alpha value is -2.16. The molecule has 2 aliphatic rings. The highest BCUT2D eigenvalue weighted by molar-refractivity contribution is 5.62. The first-order valence-electron chi connectivity index (χ1n) is 6.78. The minimum atomic E-state index is -0.118. The van der Waals surface area contributed by atoms with Crippen molar-refractivity contribution in [3.05, 3.63) is 82.9 Å². The van der Waals surface area contributed by atoms with Gasteiger partial charge in [0, 0.05) is 0 Å². The molecule has 0 aliphatic heterocycles. The molecule has 0 bridgehead atoms. The second kappa shape index (κ2) is 4.75. The van der Waals surface area contributed by atoms with Crippen LogP contribution in [-0.2, 0) is 9.78 Å². The van der Waals surface area contributed by atoms with Crippen LogP contribution in [0.4, 0.5) is 0 Å². The summed E-state index contributed by atoms with van der Waals surface area (Å²) in [7, 11) is 0. The molecule has 4 rings (SSSR count). The van der Waals surface area contributed by atoms with Crippen LogP contribution in [0, 0.1) is 0 Å². The molecule has 0 saturated heterocycles.